The number of rotatable bonds is 3. The number of ether oxygens (including phenoxy) is 1. The van der Waals surface area contributed by atoms with Crippen LogP contribution in [0.2, 0.25) is 0 Å². The van der Waals surface area contributed by atoms with Crippen LogP contribution in [0.15, 0.2) is 24.3 Å². The highest BCUT2D eigenvalue weighted by molar-refractivity contribution is 7.91. The molecular formula is C12H12ClNO5S. The minimum atomic E-state index is -3.48. The van der Waals surface area contributed by atoms with Crippen LogP contribution < -0.4 is 4.74 Å². The molecule has 0 N–H and O–H groups in total. The van der Waals surface area contributed by atoms with Crippen molar-refractivity contribution in [3.05, 3.63) is 29.8 Å². The van der Waals surface area contributed by atoms with Gasteiger partial charge in [-0.3, -0.25) is 9.59 Å². The topological polar surface area (TPSA) is 80.8 Å². The van der Waals surface area contributed by atoms with Gasteiger partial charge in [-0.15, -0.1) is 0 Å². The van der Waals surface area contributed by atoms with Crippen LogP contribution in [-0.2, 0) is 14.6 Å². The Morgan fingerprint density at radius 3 is 2.40 bits per heavy atom. The summed E-state index contributed by atoms with van der Waals surface area (Å²) in [6.45, 7) is 0. The molecule has 2 rings (SSSR count). The van der Waals surface area contributed by atoms with Crippen molar-refractivity contribution in [3.8, 4) is 5.75 Å². The number of benzene rings is 1. The Morgan fingerprint density at radius 1 is 1.30 bits per heavy atom. The predicted molar refractivity (Wildman–Crippen MR) is 72.5 cm³/mol. The standard InChI is InChI=1S/C12H12ClNO5S/c1-19-9-4-2-8(3-5-9)12(16)14-7-20(17,18)6-10(14)11(13)15/h2-5,10H,6-7H2,1H3. The lowest BCUT2D eigenvalue weighted by Gasteiger charge is -2.20. The molecule has 1 aliphatic heterocycles. The molecule has 0 aromatic heterocycles. The number of hydrogen-bond donors (Lipinski definition) is 0. The van der Waals surface area contributed by atoms with Gasteiger partial charge in [0.25, 0.3) is 5.91 Å². The summed E-state index contributed by atoms with van der Waals surface area (Å²) in [6.07, 6.45) is 0. The summed E-state index contributed by atoms with van der Waals surface area (Å²) in [4.78, 5) is 24.5. The minimum absolute atomic E-state index is 0.269. The van der Waals surface area contributed by atoms with Crippen LogP contribution in [0.5, 0.6) is 5.75 Å². The summed E-state index contributed by atoms with van der Waals surface area (Å²) in [7, 11) is -1.99. The highest BCUT2D eigenvalue weighted by Gasteiger charge is 2.42. The molecule has 1 unspecified atom stereocenters. The number of amides is 1. The molecule has 1 aliphatic rings. The predicted octanol–water partition coefficient (Wildman–Crippen LogP) is 0.657. The van der Waals surface area contributed by atoms with Crippen molar-refractivity contribution in [3.63, 3.8) is 0 Å². The number of methoxy groups -OCH3 is 1. The molecule has 0 spiro atoms. The quantitative estimate of drug-likeness (QED) is 0.765. The van der Waals surface area contributed by atoms with Gasteiger partial charge in [-0.05, 0) is 35.9 Å². The summed E-state index contributed by atoms with van der Waals surface area (Å²) in [5, 5.41) is -0.854. The number of sulfone groups is 1. The number of carbonyl (C=O) groups excluding carboxylic acids is 2. The molecule has 1 saturated heterocycles. The van der Waals surface area contributed by atoms with E-state index in [1.165, 1.54) is 19.2 Å². The van der Waals surface area contributed by atoms with Crippen LogP contribution in [0.25, 0.3) is 0 Å². The van der Waals surface area contributed by atoms with Crippen LogP contribution in [0.3, 0.4) is 0 Å². The van der Waals surface area contributed by atoms with Gasteiger partial charge in [-0.1, -0.05) is 0 Å². The normalized spacial score (nSPS) is 20.7. The molecule has 6 nitrogen and oxygen atoms in total. The molecule has 108 valence electrons. The third-order valence-corrected chi connectivity index (χ3v) is 4.73. The van der Waals surface area contributed by atoms with Gasteiger partial charge in [0.1, 0.15) is 17.7 Å². The van der Waals surface area contributed by atoms with Crippen LogP contribution in [0, 0.1) is 0 Å². The molecule has 1 atom stereocenters. The smallest absolute Gasteiger partial charge is 0.255 e. The fourth-order valence-electron chi connectivity index (χ4n) is 1.97. The summed E-state index contributed by atoms with van der Waals surface area (Å²) in [6, 6.07) is 5.03. The number of hydrogen-bond acceptors (Lipinski definition) is 5. The molecule has 0 aliphatic carbocycles. The molecule has 0 radical (unpaired) electrons. The molecule has 0 bridgehead atoms. The Morgan fingerprint density at radius 2 is 1.90 bits per heavy atom. The fourth-order valence-corrected chi connectivity index (χ4v) is 3.90. The lowest BCUT2D eigenvalue weighted by molar-refractivity contribution is -0.114. The van der Waals surface area contributed by atoms with Crippen molar-refractivity contribution < 1.29 is 22.7 Å². The van der Waals surface area contributed by atoms with Gasteiger partial charge in [0.15, 0.2) is 9.84 Å². The molecule has 1 aromatic rings. The first-order valence-corrected chi connectivity index (χ1v) is 7.89. The Labute approximate surface area is 121 Å². The van der Waals surface area contributed by atoms with E-state index in [0.717, 1.165) is 4.90 Å². The second-order valence-electron chi connectivity index (χ2n) is 4.36. The summed E-state index contributed by atoms with van der Waals surface area (Å²) in [5.41, 5.74) is 0.269. The molecule has 1 heterocycles. The average Bonchev–Trinajstić information content (AvgIpc) is 2.74. The molecule has 1 fully saturated rings. The van der Waals surface area contributed by atoms with E-state index in [0.29, 0.717) is 5.75 Å². The van der Waals surface area contributed by atoms with Crippen molar-refractivity contribution in [2.24, 2.45) is 0 Å². The lowest BCUT2D eigenvalue weighted by Crippen LogP contribution is -2.40. The third kappa shape index (κ3) is 2.94. The molecule has 20 heavy (non-hydrogen) atoms. The monoisotopic (exact) mass is 317 g/mol. The first-order valence-electron chi connectivity index (χ1n) is 5.69. The fraction of sp³-hybridized carbons (Fsp3) is 0.333. The van der Waals surface area contributed by atoms with E-state index in [1.807, 2.05) is 0 Å². The Bertz CT molecular complexity index is 640. The Hall–Kier alpha value is -1.60. The van der Waals surface area contributed by atoms with Crippen LogP contribution in [0.4, 0.5) is 0 Å². The summed E-state index contributed by atoms with van der Waals surface area (Å²) in [5.74, 6) is -0.911. The van der Waals surface area contributed by atoms with Gasteiger partial charge in [0, 0.05) is 5.56 Å². The molecule has 0 saturated carbocycles. The molecule has 8 heteroatoms. The zero-order valence-electron chi connectivity index (χ0n) is 10.6. The van der Waals surface area contributed by atoms with E-state index in [1.54, 1.807) is 12.1 Å². The second kappa shape index (κ2) is 5.41. The number of carbonyl (C=O) groups is 2. The Kier molecular flexibility index (Phi) is 4.01. The van der Waals surface area contributed by atoms with Gasteiger partial charge >= 0.3 is 0 Å². The van der Waals surface area contributed by atoms with Crippen LogP contribution in [-0.4, -0.2) is 49.2 Å². The van der Waals surface area contributed by atoms with E-state index < -0.39 is 38.7 Å². The van der Waals surface area contributed by atoms with Crippen molar-refractivity contribution in [1.82, 2.24) is 4.90 Å². The summed E-state index contributed by atoms with van der Waals surface area (Å²) >= 11 is 5.37. The zero-order valence-corrected chi connectivity index (χ0v) is 12.1. The highest BCUT2D eigenvalue weighted by atomic mass is 35.5. The first-order chi connectivity index (χ1) is 9.34. The van der Waals surface area contributed by atoms with E-state index in [9.17, 15) is 18.0 Å². The third-order valence-electron chi connectivity index (χ3n) is 2.98. The van der Waals surface area contributed by atoms with Gasteiger partial charge in [0.2, 0.25) is 5.24 Å². The average molecular weight is 318 g/mol. The van der Waals surface area contributed by atoms with Crippen LogP contribution in [0.1, 0.15) is 10.4 Å². The van der Waals surface area contributed by atoms with Crippen molar-refractivity contribution >= 4 is 32.6 Å². The Balaban J connectivity index is 2.28. The SMILES string of the molecule is COc1ccc(C(=O)N2CS(=O)(=O)CC2C(=O)Cl)cc1. The van der Waals surface area contributed by atoms with Crippen molar-refractivity contribution in [1.29, 1.82) is 0 Å². The maximum Gasteiger partial charge on any atom is 0.255 e. The summed E-state index contributed by atoms with van der Waals surface area (Å²) < 4.78 is 28.1. The molecule has 1 aromatic carbocycles. The van der Waals surface area contributed by atoms with Crippen molar-refractivity contribution in [2.75, 3.05) is 18.7 Å². The molecular weight excluding hydrogens is 306 g/mol. The first kappa shape index (κ1) is 14.8. The van der Waals surface area contributed by atoms with Gasteiger partial charge in [-0.25, -0.2) is 8.42 Å². The van der Waals surface area contributed by atoms with E-state index >= 15 is 0 Å². The van der Waals surface area contributed by atoms with E-state index in [2.05, 4.69) is 0 Å². The van der Waals surface area contributed by atoms with Gasteiger partial charge in [0.05, 0.1) is 12.9 Å². The van der Waals surface area contributed by atoms with E-state index in [-0.39, 0.29) is 5.56 Å². The maximum atomic E-state index is 12.3. The van der Waals surface area contributed by atoms with Crippen LogP contribution >= 0.6 is 11.6 Å². The minimum Gasteiger partial charge on any atom is -0.497 e. The van der Waals surface area contributed by atoms with Gasteiger partial charge < -0.3 is 9.64 Å². The maximum absolute atomic E-state index is 12.3. The number of halogens is 1. The largest absolute Gasteiger partial charge is 0.497 e. The molecule has 1 amide bonds. The second-order valence-corrected chi connectivity index (χ2v) is 6.81. The highest BCUT2D eigenvalue weighted by Crippen LogP contribution is 2.21. The van der Waals surface area contributed by atoms with Crippen molar-refractivity contribution in [2.45, 2.75) is 6.04 Å². The van der Waals surface area contributed by atoms with Gasteiger partial charge in [-0.2, -0.15) is 0 Å². The van der Waals surface area contributed by atoms with E-state index in [4.69, 9.17) is 16.3 Å². The zero-order chi connectivity index (χ0) is 14.9. The lowest BCUT2D eigenvalue weighted by atomic mass is 10.1. The number of nitrogens with zero attached hydrogens (tertiary/aromatic N) is 1.